The second kappa shape index (κ2) is 6.72. The fraction of sp³-hybridized carbons (Fsp3) is 0.938. The summed E-state index contributed by atoms with van der Waals surface area (Å²) in [6.07, 6.45) is 1.58. The van der Waals surface area contributed by atoms with Crippen LogP contribution in [0.1, 0.15) is 20.3 Å². The Morgan fingerprint density at radius 1 is 1.27 bits per heavy atom. The molecule has 0 bridgehead atoms. The van der Waals surface area contributed by atoms with Gasteiger partial charge in [-0.25, -0.2) is 0 Å². The molecule has 126 valence electrons. The molecule has 0 aromatic carbocycles. The molecule has 0 aromatic rings. The minimum atomic E-state index is 0.184. The number of morpholine rings is 1. The highest BCUT2D eigenvalue weighted by atomic mass is 16.5. The Morgan fingerprint density at radius 2 is 2.05 bits per heavy atom. The third-order valence-electron chi connectivity index (χ3n) is 5.44. The molecular weight excluding hydrogens is 280 g/mol. The quantitative estimate of drug-likeness (QED) is 0.578. The lowest BCUT2D eigenvalue weighted by Gasteiger charge is -2.54. The summed E-state index contributed by atoms with van der Waals surface area (Å²) < 4.78 is 11.2. The maximum Gasteiger partial charge on any atom is 0.191 e. The molecule has 0 amide bonds. The van der Waals surface area contributed by atoms with Crippen LogP contribution in [0.15, 0.2) is 4.99 Å². The molecule has 6 heteroatoms. The third kappa shape index (κ3) is 3.09. The molecule has 2 saturated heterocycles. The Morgan fingerprint density at radius 3 is 2.77 bits per heavy atom. The van der Waals surface area contributed by atoms with E-state index in [1.807, 2.05) is 7.05 Å². The molecule has 3 atom stereocenters. The van der Waals surface area contributed by atoms with E-state index in [2.05, 4.69) is 34.4 Å². The number of hydrogen-bond donors (Lipinski definition) is 2. The lowest BCUT2D eigenvalue weighted by atomic mass is 9.57. The zero-order chi connectivity index (χ0) is 15.6. The van der Waals surface area contributed by atoms with E-state index in [4.69, 9.17) is 9.47 Å². The molecule has 1 aliphatic carbocycles. The van der Waals surface area contributed by atoms with Crippen molar-refractivity contribution >= 4 is 5.96 Å². The van der Waals surface area contributed by atoms with Crippen molar-refractivity contribution in [2.45, 2.75) is 32.4 Å². The monoisotopic (exact) mass is 310 g/mol. The lowest BCUT2D eigenvalue weighted by Crippen LogP contribution is -2.68. The minimum absolute atomic E-state index is 0.184. The molecule has 2 heterocycles. The highest BCUT2D eigenvalue weighted by molar-refractivity contribution is 5.80. The van der Waals surface area contributed by atoms with Crippen LogP contribution in [0.3, 0.4) is 0 Å². The van der Waals surface area contributed by atoms with Crippen molar-refractivity contribution in [3.8, 4) is 0 Å². The van der Waals surface area contributed by atoms with Crippen LogP contribution in [-0.2, 0) is 9.47 Å². The zero-order valence-electron chi connectivity index (χ0n) is 14.1. The predicted molar refractivity (Wildman–Crippen MR) is 87.2 cm³/mol. The average Bonchev–Trinajstić information content (AvgIpc) is 2.98. The molecule has 3 unspecified atom stereocenters. The van der Waals surface area contributed by atoms with Gasteiger partial charge in [-0.15, -0.1) is 0 Å². The van der Waals surface area contributed by atoms with E-state index in [9.17, 15) is 0 Å². The number of fused-ring (bicyclic) bond motifs is 1. The third-order valence-corrected chi connectivity index (χ3v) is 5.44. The number of rotatable bonds is 4. The normalized spacial score (nSPS) is 34.9. The lowest BCUT2D eigenvalue weighted by molar-refractivity contribution is -0.106. The summed E-state index contributed by atoms with van der Waals surface area (Å²) >= 11 is 0. The summed E-state index contributed by atoms with van der Waals surface area (Å²) in [5.74, 6) is 1.55. The van der Waals surface area contributed by atoms with Crippen molar-refractivity contribution in [3.63, 3.8) is 0 Å². The first-order chi connectivity index (χ1) is 10.6. The molecule has 0 spiro atoms. The highest BCUT2D eigenvalue weighted by Crippen LogP contribution is 2.51. The van der Waals surface area contributed by atoms with Crippen LogP contribution in [0.4, 0.5) is 0 Å². The van der Waals surface area contributed by atoms with E-state index < -0.39 is 0 Å². The van der Waals surface area contributed by atoms with Crippen molar-refractivity contribution in [1.29, 1.82) is 0 Å². The van der Waals surface area contributed by atoms with Crippen LogP contribution in [0, 0.1) is 11.3 Å². The van der Waals surface area contributed by atoms with Crippen LogP contribution in [0.5, 0.6) is 0 Å². The maximum atomic E-state index is 5.85. The molecule has 6 nitrogen and oxygen atoms in total. The van der Waals surface area contributed by atoms with E-state index in [-0.39, 0.29) is 5.41 Å². The number of hydrogen-bond acceptors (Lipinski definition) is 4. The van der Waals surface area contributed by atoms with Gasteiger partial charge in [-0.3, -0.25) is 9.89 Å². The van der Waals surface area contributed by atoms with Crippen molar-refractivity contribution in [1.82, 2.24) is 15.5 Å². The van der Waals surface area contributed by atoms with E-state index in [1.165, 1.54) is 0 Å². The van der Waals surface area contributed by atoms with Crippen LogP contribution in [0.2, 0.25) is 0 Å². The van der Waals surface area contributed by atoms with Crippen molar-refractivity contribution < 1.29 is 9.47 Å². The first-order valence-corrected chi connectivity index (χ1v) is 8.52. The molecule has 2 N–H and O–H groups in total. The number of nitrogens with one attached hydrogen (secondary N) is 2. The molecule has 2 aliphatic heterocycles. The molecule has 3 rings (SSSR count). The highest BCUT2D eigenvalue weighted by Gasteiger charge is 2.59. The van der Waals surface area contributed by atoms with Gasteiger partial charge in [-0.1, -0.05) is 13.8 Å². The Kier molecular flexibility index (Phi) is 4.90. The van der Waals surface area contributed by atoms with E-state index in [1.54, 1.807) is 0 Å². The molecular formula is C16H30N4O2. The van der Waals surface area contributed by atoms with Gasteiger partial charge in [-0.2, -0.15) is 0 Å². The molecule has 3 aliphatic rings. The van der Waals surface area contributed by atoms with Crippen LogP contribution in [0.25, 0.3) is 0 Å². The summed E-state index contributed by atoms with van der Waals surface area (Å²) in [6.45, 7) is 11.2. The van der Waals surface area contributed by atoms with Crippen molar-refractivity contribution in [3.05, 3.63) is 0 Å². The Labute approximate surface area is 133 Å². The van der Waals surface area contributed by atoms with Gasteiger partial charge in [0, 0.05) is 57.2 Å². The largest absolute Gasteiger partial charge is 0.379 e. The summed E-state index contributed by atoms with van der Waals surface area (Å²) in [5, 5.41) is 7.07. The van der Waals surface area contributed by atoms with Gasteiger partial charge in [0.1, 0.15) is 0 Å². The van der Waals surface area contributed by atoms with E-state index in [0.717, 1.165) is 58.4 Å². The first kappa shape index (κ1) is 16.0. The van der Waals surface area contributed by atoms with Gasteiger partial charge in [0.2, 0.25) is 0 Å². The van der Waals surface area contributed by atoms with Gasteiger partial charge >= 0.3 is 0 Å². The van der Waals surface area contributed by atoms with Gasteiger partial charge < -0.3 is 20.1 Å². The SMILES string of the molecule is CN=C(NCCN1CCOCC1)NC1C2CCOC2C1(C)C. The van der Waals surface area contributed by atoms with E-state index >= 15 is 0 Å². The fourth-order valence-electron chi connectivity index (χ4n) is 4.12. The topological polar surface area (TPSA) is 58.1 Å². The first-order valence-electron chi connectivity index (χ1n) is 8.52. The smallest absolute Gasteiger partial charge is 0.191 e. The van der Waals surface area contributed by atoms with Gasteiger partial charge in [-0.05, 0) is 6.42 Å². The molecule has 0 aromatic heterocycles. The molecule has 0 radical (unpaired) electrons. The summed E-state index contributed by atoms with van der Waals surface area (Å²) in [7, 11) is 1.85. The Hall–Kier alpha value is -0.850. The Bertz CT molecular complexity index is 407. The standard InChI is InChI=1S/C16H30N4O2/c1-16(2)13(12-4-9-22-14(12)16)19-15(17-3)18-5-6-20-7-10-21-11-8-20/h12-14H,4-11H2,1-3H3,(H2,17,18,19). The average molecular weight is 310 g/mol. The molecule has 3 fully saturated rings. The van der Waals surface area contributed by atoms with E-state index in [0.29, 0.717) is 18.1 Å². The number of guanidine groups is 1. The summed E-state index contributed by atoms with van der Waals surface area (Å²) in [5.41, 5.74) is 0.184. The number of ether oxygens (including phenoxy) is 2. The molecule has 1 saturated carbocycles. The van der Waals surface area contributed by atoms with Gasteiger partial charge in [0.25, 0.3) is 0 Å². The van der Waals surface area contributed by atoms with Crippen LogP contribution >= 0.6 is 0 Å². The zero-order valence-corrected chi connectivity index (χ0v) is 14.1. The van der Waals surface area contributed by atoms with Crippen LogP contribution < -0.4 is 10.6 Å². The molecule has 22 heavy (non-hydrogen) atoms. The summed E-state index contributed by atoms with van der Waals surface area (Å²) in [6, 6.07) is 0.453. The van der Waals surface area contributed by atoms with Gasteiger partial charge in [0.05, 0.1) is 19.3 Å². The summed E-state index contributed by atoms with van der Waals surface area (Å²) in [4.78, 5) is 6.81. The number of nitrogens with zero attached hydrogens (tertiary/aromatic N) is 2. The minimum Gasteiger partial charge on any atom is -0.379 e. The second-order valence-corrected chi connectivity index (χ2v) is 7.14. The second-order valence-electron chi connectivity index (χ2n) is 7.14. The fourth-order valence-corrected chi connectivity index (χ4v) is 4.12. The van der Waals surface area contributed by atoms with Crippen molar-refractivity contribution in [2.24, 2.45) is 16.3 Å². The maximum absolute atomic E-state index is 5.85. The van der Waals surface area contributed by atoms with Gasteiger partial charge in [0.15, 0.2) is 5.96 Å². The van der Waals surface area contributed by atoms with Crippen molar-refractivity contribution in [2.75, 3.05) is 53.0 Å². The van der Waals surface area contributed by atoms with Crippen LogP contribution in [-0.4, -0.2) is 76.1 Å². The number of aliphatic imine (C=N–C) groups is 1. The predicted octanol–water partition coefficient (Wildman–Crippen LogP) is 0.297. The Balaban J connectivity index is 1.44.